The van der Waals surface area contributed by atoms with Crippen molar-refractivity contribution < 1.29 is 19.2 Å². The van der Waals surface area contributed by atoms with Gasteiger partial charge in [-0.15, -0.1) is 56.7 Å². The van der Waals surface area contributed by atoms with E-state index in [2.05, 4.69) is 168 Å². The van der Waals surface area contributed by atoms with Crippen molar-refractivity contribution in [1.29, 1.82) is 0 Å². The Balaban J connectivity index is 1.10. The highest BCUT2D eigenvalue weighted by Gasteiger charge is 2.52. The fraction of sp³-hybridized carbons (Fsp3) is 0.750. The molecule has 4 aliphatic heterocycles. The lowest BCUT2D eigenvalue weighted by Crippen LogP contribution is -2.34. The maximum atomic E-state index is 16.7. The standard InChI is InChI=1S/C128H206Br2N4O4S5/c1-9-17-25-33-41-49-53-61-69-77-83-103(81-73-65-57-45-37-29-21-13-5)99-131-121(117-119(127(131)137)123(113-95-97-115(129)142-113)133(125(117)135)101-105(85-75-67-59-47-39-31-23-15-7)87-79-71-63-55-51-43-35-27-19-11-3)111-93-91-109(140-111)107-89-90-108(139-107)110-92-94-112(141-110)122-118-120(128(138)132(122)100-104(82-74-66-58-46-38-30-22-14-6)84-78-70-62-54-50-42-34-26-18-10-2)124(114-96-98-116(130)143-114)134(126(118)136)102-106(86-76-68-60-48-40-32-24-16-8)88-80-72-64-56-52-44-36-28-20-12-4/h89-98,103-106H,9-88,99-102H2,1-8H3. The Kier molecular flexibility index (Phi) is 65.2. The van der Waals surface area contributed by atoms with Gasteiger partial charge in [-0.3, -0.25) is 19.2 Å². The smallest absolute Gasteiger partial charge is 0.261 e. The Hall–Kier alpha value is -3.70. The first kappa shape index (κ1) is 123. The van der Waals surface area contributed by atoms with E-state index in [1.165, 1.54) is 462 Å². The van der Waals surface area contributed by atoms with Crippen LogP contribution in [-0.2, 0) is 19.2 Å². The maximum absolute atomic E-state index is 16.7. The first-order valence-electron chi connectivity index (χ1n) is 61.4. The van der Waals surface area contributed by atoms with E-state index in [1.54, 1.807) is 45.3 Å². The van der Waals surface area contributed by atoms with Gasteiger partial charge in [0.05, 0.1) is 72.2 Å². The molecular weight excluding hydrogens is 1980 g/mol. The molecule has 4 aliphatic rings. The van der Waals surface area contributed by atoms with Gasteiger partial charge in [0.15, 0.2) is 0 Å². The molecule has 15 heteroatoms. The van der Waals surface area contributed by atoms with Crippen LogP contribution in [-0.4, -0.2) is 69.4 Å². The van der Waals surface area contributed by atoms with Crippen molar-refractivity contribution in [3.8, 4) is 19.5 Å². The van der Waals surface area contributed by atoms with Crippen molar-refractivity contribution in [2.45, 2.75) is 569 Å². The number of hydrogen-bond acceptors (Lipinski definition) is 9. The predicted molar refractivity (Wildman–Crippen MR) is 638 cm³/mol. The Morgan fingerprint density at radius 3 is 0.448 bits per heavy atom. The number of carbonyl (C=O) groups excluding carboxylic acids is 4. The third-order valence-electron chi connectivity index (χ3n) is 32.2. The zero-order valence-corrected chi connectivity index (χ0v) is 100.0. The zero-order valence-electron chi connectivity index (χ0n) is 92.7. The molecule has 0 N–H and O–H groups in total. The lowest BCUT2D eigenvalue weighted by atomic mass is 9.93. The van der Waals surface area contributed by atoms with Gasteiger partial charge in [-0.1, -0.05) is 518 Å². The van der Waals surface area contributed by atoms with E-state index in [9.17, 15) is 0 Å². The normalized spacial score (nSPS) is 15.0. The van der Waals surface area contributed by atoms with Crippen molar-refractivity contribution >= 4 is 135 Å². The van der Waals surface area contributed by atoms with Crippen LogP contribution in [0.15, 0.2) is 90.5 Å². The monoisotopic (exact) mass is 2180 g/mol. The molecule has 0 spiro atoms. The van der Waals surface area contributed by atoms with E-state index < -0.39 is 0 Å². The highest BCUT2D eigenvalue weighted by molar-refractivity contribution is 9.11. The van der Waals surface area contributed by atoms with E-state index in [1.807, 2.05) is 11.3 Å². The average molecular weight is 2190 g/mol. The number of amides is 4. The van der Waals surface area contributed by atoms with Crippen molar-refractivity contribution in [3.05, 3.63) is 110 Å². The lowest BCUT2D eigenvalue weighted by Gasteiger charge is -2.29. The van der Waals surface area contributed by atoms with E-state index in [4.69, 9.17) is 0 Å². The molecule has 8 nitrogen and oxygen atoms in total. The van der Waals surface area contributed by atoms with E-state index in [0.717, 1.165) is 121 Å². The zero-order chi connectivity index (χ0) is 101. The van der Waals surface area contributed by atoms with Crippen LogP contribution in [0, 0.1) is 23.7 Å². The molecule has 5 aromatic heterocycles. The predicted octanol–water partition coefficient (Wildman–Crippen LogP) is 44.3. The topological polar surface area (TPSA) is 81.2 Å². The van der Waals surface area contributed by atoms with Gasteiger partial charge < -0.3 is 19.6 Å². The molecule has 806 valence electrons. The summed E-state index contributed by atoms with van der Waals surface area (Å²) in [5.41, 5.74) is 5.88. The number of carbonyl (C=O) groups is 4. The second-order valence-electron chi connectivity index (χ2n) is 44.7. The van der Waals surface area contributed by atoms with Crippen LogP contribution >= 0.6 is 88.5 Å². The molecule has 9 heterocycles. The fourth-order valence-corrected chi connectivity index (χ4v) is 29.7. The van der Waals surface area contributed by atoms with Gasteiger partial charge in [0.25, 0.3) is 23.6 Å². The molecule has 0 bridgehead atoms. The van der Waals surface area contributed by atoms with E-state index in [0.29, 0.717) is 72.1 Å². The van der Waals surface area contributed by atoms with Crippen molar-refractivity contribution in [2.24, 2.45) is 23.7 Å². The molecule has 0 radical (unpaired) electrons. The highest BCUT2D eigenvalue weighted by atomic mass is 79.9. The SMILES string of the molecule is CCCCCCCCCCCCC(CCCCCCCCCC)CN1C(=O)C2=C(c3ccc(-c4ccc(-c5ccc(C6=C7C(=O)N(CC(CCCCCCCCCC)CCCCCCCCCCCC)C(c8ccc(Br)s8)=C7C(=O)N6CC(CCCCCCCCCC)CCCCCCCCCCCC)s5)s4)s3)N(CC(CCCCCCCCCC)CCCCCCCCCCCC)C(=O)C2=C1c1ccc(Br)s1. The van der Waals surface area contributed by atoms with E-state index in [-0.39, 0.29) is 23.6 Å². The molecule has 143 heavy (non-hydrogen) atoms. The Bertz CT molecular complexity index is 4100. The summed E-state index contributed by atoms with van der Waals surface area (Å²) in [5, 5.41) is 0. The highest BCUT2D eigenvalue weighted by Crippen LogP contribution is 2.55. The Morgan fingerprint density at radius 1 is 0.175 bits per heavy atom. The van der Waals surface area contributed by atoms with Gasteiger partial charge in [-0.2, -0.15) is 0 Å². The molecule has 4 unspecified atom stereocenters. The quantitative estimate of drug-likeness (QED) is 0.0363. The molecule has 0 saturated carbocycles. The number of rotatable bonds is 94. The van der Waals surface area contributed by atoms with Gasteiger partial charge in [0.2, 0.25) is 0 Å². The second kappa shape index (κ2) is 75.9. The molecular formula is C128H206Br2N4O4S5. The van der Waals surface area contributed by atoms with Crippen LogP contribution in [0.25, 0.3) is 42.3 Å². The number of nitrogens with zero attached hydrogens (tertiary/aromatic N) is 4. The number of unbranched alkanes of at least 4 members (excludes halogenated alkanes) is 64. The van der Waals surface area contributed by atoms with Gasteiger partial charge in [-0.25, -0.2) is 0 Å². The van der Waals surface area contributed by atoms with Crippen LogP contribution < -0.4 is 0 Å². The van der Waals surface area contributed by atoms with Crippen molar-refractivity contribution in [1.82, 2.24) is 19.6 Å². The number of thiophene rings is 5. The van der Waals surface area contributed by atoms with Crippen molar-refractivity contribution in [2.75, 3.05) is 26.2 Å². The summed E-state index contributed by atoms with van der Waals surface area (Å²) >= 11 is 16.5. The third-order valence-corrected chi connectivity index (χ3v) is 39.2. The van der Waals surface area contributed by atoms with Crippen LogP contribution in [0.4, 0.5) is 0 Å². The summed E-state index contributed by atoms with van der Waals surface area (Å²) in [7, 11) is 0. The molecule has 0 aliphatic carbocycles. The lowest BCUT2D eigenvalue weighted by molar-refractivity contribution is -0.124. The van der Waals surface area contributed by atoms with Crippen LogP contribution in [0.5, 0.6) is 0 Å². The molecule has 5 aromatic rings. The fourth-order valence-electron chi connectivity index (χ4n) is 23.5. The first-order chi connectivity index (χ1) is 70.3. The summed E-state index contributed by atoms with van der Waals surface area (Å²) in [5.74, 6) is 1.35. The summed E-state index contributed by atoms with van der Waals surface area (Å²) in [6.07, 6.45) is 102. The number of hydrogen-bond donors (Lipinski definition) is 0. The maximum Gasteiger partial charge on any atom is 0.261 e. The molecule has 9 rings (SSSR count). The largest absolute Gasteiger partial charge is 0.306 e. The molecule has 4 amide bonds. The van der Waals surface area contributed by atoms with Crippen LogP contribution in [0.2, 0.25) is 0 Å². The van der Waals surface area contributed by atoms with Crippen molar-refractivity contribution in [3.63, 3.8) is 0 Å². The summed E-state index contributed by atoms with van der Waals surface area (Å²) < 4.78 is 2.03. The Labute approximate surface area is 914 Å². The van der Waals surface area contributed by atoms with Gasteiger partial charge in [-0.05, 0) is 168 Å². The van der Waals surface area contributed by atoms with Crippen LogP contribution in [0.1, 0.15) is 589 Å². The summed E-state index contributed by atoms with van der Waals surface area (Å²) in [6, 6.07) is 22.3. The minimum atomic E-state index is 0.0144. The average Bonchev–Trinajstić information content (AvgIpc) is 1.55. The summed E-state index contributed by atoms with van der Waals surface area (Å²) in [4.78, 5) is 83.8. The Morgan fingerprint density at radius 2 is 0.301 bits per heavy atom. The van der Waals surface area contributed by atoms with Gasteiger partial charge >= 0.3 is 0 Å². The van der Waals surface area contributed by atoms with Crippen LogP contribution in [0.3, 0.4) is 0 Å². The molecule has 4 atom stereocenters. The minimum Gasteiger partial charge on any atom is -0.306 e. The number of halogens is 2. The molecule has 0 aromatic carbocycles. The minimum absolute atomic E-state index is 0.0144. The molecule has 0 fully saturated rings. The first-order valence-corrected chi connectivity index (χ1v) is 67.1. The second-order valence-corrected chi connectivity index (χ2v) is 52.8. The van der Waals surface area contributed by atoms with Gasteiger partial charge in [0, 0.05) is 45.7 Å². The third kappa shape index (κ3) is 44.1. The summed E-state index contributed by atoms with van der Waals surface area (Å²) in [6.45, 7) is 21.0. The molecule has 0 saturated heterocycles. The van der Waals surface area contributed by atoms with Gasteiger partial charge in [0.1, 0.15) is 0 Å². The number of fused-ring (bicyclic) bond motifs is 2. The van der Waals surface area contributed by atoms with E-state index >= 15 is 19.2 Å².